The van der Waals surface area contributed by atoms with E-state index in [2.05, 4.69) is 41.2 Å². The smallest absolute Gasteiger partial charge is 0.163 e. The summed E-state index contributed by atoms with van der Waals surface area (Å²) < 4.78 is 21.9. The third-order valence-corrected chi connectivity index (χ3v) is 5.02. The highest BCUT2D eigenvalue weighted by Gasteiger charge is 2.13. The Hall–Kier alpha value is -2.35. The van der Waals surface area contributed by atoms with E-state index in [1.165, 1.54) is 5.56 Å². The van der Waals surface area contributed by atoms with Crippen molar-refractivity contribution < 1.29 is 18.9 Å². The first-order valence-corrected chi connectivity index (χ1v) is 9.79. The third-order valence-electron chi connectivity index (χ3n) is 3.99. The molecule has 2 aromatic carbocycles. The van der Waals surface area contributed by atoms with E-state index in [1.54, 1.807) is 32.3 Å². The Balaban J connectivity index is 1.94. The van der Waals surface area contributed by atoms with Gasteiger partial charge in [0.05, 0.1) is 18.7 Å². The molecule has 148 valence electrons. The molecule has 0 N–H and O–H groups in total. The average Bonchev–Trinajstić information content (AvgIpc) is 2.70. The molecule has 0 atom stereocenters. The van der Waals surface area contributed by atoms with Gasteiger partial charge in [-0.15, -0.1) is 0 Å². The lowest BCUT2D eigenvalue weighted by Gasteiger charge is -2.14. The molecule has 0 saturated heterocycles. The van der Waals surface area contributed by atoms with E-state index in [0.29, 0.717) is 37.9 Å². The summed E-state index contributed by atoms with van der Waals surface area (Å²) in [5.41, 5.74) is 2.03. The van der Waals surface area contributed by atoms with E-state index >= 15 is 0 Å². The molecule has 0 amide bonds. The second kappa shape index (κ2) is 10.3. The molecule has 3 rings (SSSR count). The highest BCUT2D eigenvalue weighted by atomic mass is 32.2. The SMILES string of the molecule is COCCOc1cc2ncnc(Sc3ccc(C)cc3)c2cc1OCCOC. The van der Waals surface area contributed by atoms with Gasteiger partial charge in [0.25, 0.3) is 0 Å². The summed E-state index contributed by atoms with van der Waals surface area (Å²) in [5, 5.41) is 1.79. The molecule has 6 nitrogen and oxygen atoms in total. The molecule has 0 aliphatic heterocycles. The molecule has 1 heterocycles. The molecule has 0 spiro atoms. The fourth-order valence-corrected chi connectivity index (χ4v) is 3.40. The predicted octanol–water partition coefficient (Wildman–Crippen LogP) is 4.14. The fraction of sp³-hybridized carbons (Fsp3) is 0.333. The standard InChI is InChI=1S/C21H24N2O4S/c1-15-4-6-16(7-5-15)28-21-17-12-19(26-10-8-24-2)20(27-11-9-25-3)13-18(17)22-14-23-21/h4-7,12-14H,8-11H2,1-3H3. The van der Waals surface area contributed by atoms with Crippen LogP contribution in [0, 0.1) is 6.92 Å². The van der Waals surface area contributed by atoms with Crippen molar-refractivity contribution in [3.63, 3.8) is 0 Å². The van der Waals surface area contributed by atoms with Crippen molar-refractivity contribution in [1.29, 1.82) is 0 Å². The zero-order valence-electron chi connectivity index (χ0n) is 16.3. The molecule has 0 bridgehead atoms. The van der Waals surface area contributed by atoms with Crippen molar-refractivity contribution in [2.75, 3.05) is 40.6 Å². The van der Waals surface area contributed by atoms with Crippen LogP contribution < -0.4 is 9.47 Å². The largest absolute Gasteiger partial charge is 0.487 e. The molecule has 1 aromatic heterocycles. The molecule has 0 unspecified atom stereocenters. The summed E-state index contributed by atoms with van der Waals surface area (Å²) in [4.78, 5) is 10.0. The summed E-state index contributed by atoms with van der Waals surface area (Å²) >= 11 is 1.60. The van der Waals surface area contributed by atoms with Crippen LogP contribution in [0.5, 0.6) is 11.5 Å². The van der Waals surface area contributed by atoms with E-state index in [1.807, 2.05) is 12.1 Å². The Morgan fingerprint density at radius 2 is 1.46 bits per heavy atom. The monoisotopic (exact) mass is 400 g/mol. The topological polar surface area (TPSA) is 62.7 Å². The van der Waals surface area contributed by atoms with Crippen LogP contribution >= 0.6 is 11.8 Å². The Labute approximate surface area is 169 Å². The first-order chi connectivity index (χ1) is 13.7. The number of rotatable bonds is 10. The van der Waals surface area contributed by atoms with Gasteiger partial charge >= 0.3 is 0 Å². The van der Waals surface area contributed by atoms with Crippen LogP contribution in [0.3, 0.4) is 0 Å². The normalized spacial score (nSPS) is 11.0. The van der Waals surface area contributed by atoms with Crippen molar-refractivity contribution in [2.45, 2.75) is 16.8 Å². The van der Waals surface area contributed by atoms with E-state index in [4.69, 9.17) is 18.9 Å². The number of ether oxygens (including phenoxy) is 4. The van der Waals surface area contributed by atoms with Gasteiger partial charge < -0.3 is 18.9 Å². The third kappa shape index (κ3) is 5.34. The van der Waals surface area contributed by atoms with Gasteiger partial charge in [-0.2, -0.15) is 0 Å². The molecule has 0 saturated carbocycles. The summed E-state index contributed by atoms with van der Waals surface area (Å²) in [6.07, 6.45) is 1.57. The van der Waals surface area contributed by atoms with Gasteiger partial charge in [0.15, 0.2) is 11.5 Å². The van der Waals surface area contributed by atoms with Gasteiger partial charge in [-0.3, -0.25) is 0 Å². The fourth-order valence-electron chi connectivity index (χ4n) is 2.54. The van der Waals surface area contributed by atoms with Crippen LogP contribution in [0.25, 0.3) is 10.9 Å². The minimum atomic E-state index is 0.427. The number of fused-ring (bicyclic) bond motifs is 1. The van der Waals surface area contributed by atoms with Gasteiger partial charge in [0, 0.05) is 30.6 Å². The van der Waals surface area contributed by atoms with E-state index in [-0.39, 0.29) is 0 Å². The van der Waals surface area contributed by atoms with Crippen molar-refractivity contribution in [3.8, 4) is 11.5 Å². The molecular weight excluding hydrogens is 376 g/mol. The highest BCUT2D eigenvalue weighted by Crippen LogP contribution is 2.37. The Morgan fingerprint density at radius 1 is 0.821 bits per heavy atom. The summed E-state index contributed by atoms with van der Waals surface area (Å²) in [6.45, 7) is 3.92. The lowest BCUT2D eigenvalue weighted by molar-refractivity contribution is 0.132. The van der Waals surface area contributed by atoms with Crippen molar-refractivity contribution >= 4 is 22.7 Å². The molecule has 0 radical (unpaired) electrons. The molecule has 28 heavy (non-hydrogen) atoms. The average molecular weight is 401 g/mol. The number of benzene rings is 2. The maximum atomic E-state index is 5.88. The maximum absolute atomic E-state index is 5.88. The summed E-state index contributed by atoms with van der Waals surface area (Å²) in [6, 6.07) is 12.2. The highest BCUT2D eigenvalue weighted by molar-refractivity contribution is 7.99. The predicted molar refractivity (Wildman–Crippen MR) is 110 cm³/mol. The zero-order valence-corrected chi connectivity index (χ0v) is 17.1. The quantitative estimate of drug-likeness (QED) is 0.374. The number of aromatic nitrogens is 2. The molecular formula is C21H24N2O4S. The van der Waals surface area contributed by atoms with Gasteiger partial charge in [-0.25, -0.2) is 9.97 Å². The van der Waals surface area contributed by atoms with Gasteiger partial charge in [0.1, 0.15) is 24.6 Å². The minimum absolute atomic E-state index is 0.427. The number of hydrogen-bond acceptors (Lipinski definition) is 7. The first kappa shape index (κ1) is 20.4. The Bertz CT molecular complexity index is 903. The zero-order chi connectivity index (χ0) is 19.8. The molecule has 3 aromatic rings. The van der Waals surface area contributed by atoms with Crippen LogP contribution in [0.4, 0.5) is 0 Å². The van der Waals surface area contributed by atoms with Crippen molar-refractivity contribution in [3.05, 3.63) is 48.3 Å². The van der Waals surface area contributed by atoms with E-state index in [9.17, 15) is 0 Å². The summed E-state index contributed by atoms with van der Waals surface area (Å²) in [7, 11) is 3.28. The minimum Gasteiger partial charge on any atom is -0.487 e. The number of nitrogens with zero attached hydrogens (tertiary/aromatic N) is 2. The van der Waals surface area contributed by atoms with Crippen molar-refractivity contribution in [2.24, 2.45) is 0 Å². The van der Waals surface area contributed by atoms with Crippen LogP contribution in [-0.2, 0) is 9.47 Å². The van der Waals surface area contributed by atoms with E-state index in [0.717, 1.165) is 20.8 Å². The number of hydrogen-bond donors (Lipinski definition) is 0. The molecule has 7 heteroatoms. The van der Waals surface area contributed by atoms with Gasteiger partial charge in [-0.1, -0.05) is 29.5 Å². The first-order valence-electron chi connectivity index (χ1n) is 8.98. The number of methoxy groups -OCH3 is 2. The van der Waals surface area contributed by atoms with Crippen LogP contribution in [-0.4, -0.2) is 50.6 Å². The molecule has 0 aliphatic carbocycles. The van der Waals surface area contributed by atoms with Crippen molar-refractivity contribution in [1.82, 2.24) is 9.97 Å². The molecule has 0 fully saturated rings. The van der Waals surface area contributed by atoms with Gasteiger partial charge in [0.2, 0.25) is 0 Å². The summed E-state index contributed by atoms with van der Waals surface area (Å²) in [5.74, 6) is 1.27. The Morgan fingerprint density at radius 3 is 2.11 bits per heavy atom. The maximum Gasteiger partial charge on any atom is 0.163 e. The lowest BCUT2D eigenvalue weighted by atomic mass is 10.2. The van der Waals surface area contributed by atoms with Crippen LogP contribution in [0.1, 0.15) is 5.56 Å². The van der Waals surface area contributed by atoms with Gasteiger partial charge in [-0.05, 0) is 25.1 Å². The second-order valence-corrected chi connectivity index (χ2v) is 7.15. The van der Waals surface area contributed by atoms with Crippen LogP contribution in [0.2, 0.25) is 0 Å². The lowest BCUT2D eigenvalue weighted by Crippen LogP contribution is -2.08. The van der Waals surface area contributed by atoms with E-state index < -0.39 is 0 Å². The second-order valence-electron chi connectivity index (χ2n) is 6.09. The molecule has 0 aliphatic rings. The van der Waals surface area contributed by atoms with Crippen LogP contribution in [0.15, 0.2) is 52.6 Å². The Kier molecular flexibility index (Phi) is 7.47. The number of aryl methyl sites for hydroxylation is 1.